The second-order valence-electron chi connectivity index (χ2n) is 24.8. The SMILES string of the molecule is COc1ccc(C(OC[C@H]2O[C@@H](n3cnc4c(NC(=O)c5ccccc5)ncnc43)[C@H](OCc3cn(CCOCCNC(=O)CCCCOC4OC(COC(C)=O)C(OC(C)=O)C(OC(C)=O)C4C)nn3)[C@@H]2OP(OCCC#N)N(C(C)C)C(C)C)(c2ccccc2)c2ccc(OC)cc2)cc1. The van der Waals surface area contributed by atoms with Gasteiger partial charge in [-0.15, -0.1) is 5.10 Å². The summed E-state index contributed by atoms with van der Waals surface area (Å²) in [6.45, 7) is 14.4. The van der Waals surface area contributed by atoms with Crippen molar-refractivity contribution < 1.29 is 85.1 Å². The molecule has 7 aromatic rings. The van der Waals surface area contributed by atoms with Gasteiger partial charge in [0.25, 0.3) is 14.4 Å². The molecule has 102 heavy (non-hydrogen) atoms. The number of esters is 3. The van der Waals surface area contributed by atoms with Gasteiger partial charge in [-0.1, -0.05) is 84.9 Å². The molecule has 2 amide bonds. The first-order valence-electron chi connectivity index (χ1n) is 33.8. The average molecular weight is 1430 g/mol. The highest BCUT2D eigenvalue weighted by Gasteiger charge is 2.53. The lowest BCUT2D eigenvalue weighted by molar-refractivity contribution is -0.288. The summed E-state index contributed by atoms with van der Waals surface area (Å²) >= 11 is 0. The number of nitriles is 1. The van der Waals surface area contributed by atoms with Crippen LogP contribution >= 0.6 is 8.53 Å². The minimum Gasteiger partial charge on any atom is -0.497 e. The van der Waals surface area contributed by atoms with Crippen LogP contribution in [0.15, 0.2) is 128 Å². The number of fused-ring (bicyclic) bond motifs is 1. The first-order valence-corrected chi connectivity index (χ1v) is 35.0. The van der Waals surface area contributed by atoms with E-state index in [2.05, 4.69) is 36.7 Å². The number of anilines is 1. The van der Waals surface area contributed by atoms with E-state index in [4.69, 9.17) is 71.1 Å². The number of hydrogen-bond acceptors (Lipinski definition) is 25. The van der Waals surface area contributed by atoms with Crippen molar-refractivity contribution in [2.75, 3.05) is 65.7 Å². The maximum atomic E-state index is 13.6. The fourth-order valence-corrected chi connectivity index (χ4v) is 13.9. The molecule has 30 heteroatoms. The molecule has 9 rings (SSSR count). The molecular weight excluding hydrogens is 1340 g/mol. The highest BCUT2D eigenvalue weighted by molar-refractivity contribution is 7.44. The molecule has 0 spiro atoms. The second-order valence-corrected chi connectivity index (χ2v) is 26.2. The fraction of sp³-hybridized carbons (Fsp3) is 0.486. The Balaban J connectivity index is 0.921. The number of amides is 2. The summed E-state index contributed by atoms with van der Waals surface area (Å²) in [5, 5.41) is 24.5. The maximum absolute atomic E-state index is 13.6. The van der Waals surface area contributed by atoms with Crippen molar-refractivity contribution in [1.82, 2.24) is 44.5 Å². The van der Waals surface area contributed by atoms with Gasteiger partial charge in [0.1, 0.15) is 66.2 Å². The minimum absolute atomic E-state index is 0.0717. The molecule has 546 valence electrons. The Bertz CT molecular complexity index is 3810. The molecular formula is C72H90N11O18P. The fourth-order valence-electron chi connectivity index (χ4n) is 12.1. The van der Waals surface area contributed by atoms with E-state index >= 15 is 0 Å². The van der Waals surface area contributed by atoms with E-state index < -0.39 is 93.0 Å². The van der Waals surface area contributed by atoms with E-state index in [-0.39, 0.29) is 95.0 Å². The Kier molecular flexibility index (Phi) is 28.7. The number of ether oxygens (including phenoxy) is 11. The number of imidazole rings is 1. The molecule has 2 fully saturated rings. The zero-order chi connectivity index (χ0) is 72.7. The highest BCUT2D eigenvalue weighted by Crippen LogP contribution is 2.52. The average Bonchev–Trinajstić information content (AvgIpc) is 1.22. The van der Waals surface area contributed by atoms with Gasteiger partial charge in [-0.2, -0.15) is 5.26 Å². The quantitative estimate of drug-likeness (QED) is 0.0120. The Morgan fingerprint density at radius 3 is 2.00 bits per heavy atom. The van der Waals surface area contributed by atoms with Crippen LogP contribution in [0.4, 0.5) is 5.82 Å². The van der Waals surface area contributed by atoms with E-state index in [0.29, 0.717) is 47.8 Å². The number of rotatable bonds is 38. The Morgan fingerprint density at radius 1 is 0.716 bits per heavy atom. The maximum Gasteiger partial charge on any atom is 0.303 e. The third kappa shape index (κ3) is 20.2. The summed E-state index contributed by atoms with van der Waals surface area (Å²) < 4.78 is 87.0. The molecule has 0 saturated carbocycles. The number of methoxy groups -OCH3 is 2. The number of hydrogen-bond donors (Lipinski definition) is 2. The zero-order valence-electron chi connectivity index (χ0n) is 59.0. The molecule has 0 aliphatic carbocycles. The molecule has 29 nitrogen and oxygen atoms in total. The summed E-state index contributed by atoms with van der Waals surface area (Å²) in [6.07, 6.45) is -1.98. The third-order valence-electron chi connectivity index (χ3n) is 16.8. The number of carbonyl (C=O) groups is 5. The summed E-state index contributed by atoms with van der Waals surface area (Å²) in [5.41, 5.74) is 2.50. The van der Waals surface area contributed by atoms with Crippen LogP contribution in [0.3, 0.4) is 0 Å². The van der Waals surface area contributed by atoms with Gasteiger partial charge < -0.3 is 71.8 Å². The molecule has 2 aliphatic rings. The molecule has 3 aromatic heterocycles. The van der Waals surface area contributed by atoms with Crippen molar-refractivity contribution in [1.29, 1.82) is 5.26 Å². The largest absolute Gasteiger partial charge is 0.497 e. The van der Waals surface area contributed by atoms with Crippen LogP contribution in [0.2, 0.25) is 0 Å². The van der Waals surface area contributed by atoms with Crippen molar-refractivity contribution >= 4 is 55.2 Å². The molecule has 2 aliphatic heterocycles. The van der Waals surface area contributed by atoms with Crippen LogP contribution in [0.25, 0.3) is 11.2 Å². The molecule has 10 atom stereocenters. The Morgan fingerprint density at radius 2 is 1.36 bits per heavy atom. The topological polar surface area (TPSA) is 331 Å². The number of benzene rings is 4. The van der Waals surface area contributed by atoms with E-state index in [1.54, 1.807) is 67.2 Å². The zero-order valence-corrected chi connectivity index (χ0v) is 59.9. The van der Waals surface area contributed by atoms with Gasteiger partial charge in [-0.05, 0) is 93.6 Å². The monoisotopic (exact) mass is 1430 g/mol. The Labute approximate surface area is 593 Å². The number of carbonyl (C=O) groups excluding carboxylic acids is 5. The van der Waals surface area contributed by atoms with Crippen LogP contribution in [-0.2, 0) is 89.6 Å². The summed E-state index contributed by atoms with van der Waals surface area (Å²) in [4.78, 5) is 76.2. The van der Waals surface area contributed by atoms with Crippen LogP contribution < -0.4 is 20.1 Å². The lowest BCUT2D eigenvalue weighted by Gasteiger charge is -2.43. The summed E-state index contributed by atoms with van der Waals surface area (Å²) in [7, 11) is 1.25. The van der Waals surface area contributed by atoms with Crippen molar-refractivity contribution in [3.8, 4) is 17.6 Å². The standard InChI is InChI=1S/C72H90N11O18P/c1-46(2)83(47(3)4)102(96-37-19-33-73)101-65-60(43-95-72(53-22-15-12-16-23-53,54-25-29-57(89-9)30-26-54)55-27-31-58(90-10)32-28-55)99-70(82-45-77-62-67(75-44-76-68(62)82)78-69(88)52-20-13-11-14-21-52)66(65)94-41-56-40-81(80-79-56)35-39-91-38-34-74-61(87)24-17-18-36-92-71-48(5)63(97-50(7)85)64(98-51(8)86)59(100-71)42-93-49(6)84/h11-16,20-23,25-32,40,44-48,59-60,63-66,70-71H,17-19,24,34-39,41-43H2,1-10H3,(H,74,87)(H,75,76,78,88)/t48?,59?,60-,63?,64?,65-,66-,70-,71?,102?/m1/s1. The second kappa shape index (κ2) is 37.8. The number of aromatic nitrogens is 7. The lowest BCUT2D eigenvalue weighted by Crippen LogP contribution is -2.58. The molecule has 4 aromatic carbocycles. The van der Waals surface area contributed by atoms with Crippen LogP contribution in [0, 0.1) is 17.2 Å². The highest BCUT2D eigenvalue weighted by atomic mass is 31.2. The van der Waals surface area contributed by atoms with Gasteiger partial charge in [0.2, 0.25) is 5.91 Å². The molecule has 2 N–H and O–H groups in total. The van der Waals surface area contributed by atoms with Gasteiger partial charge >= 0.3 is 17.9 Å². The summed E-state index contributed by atoms with van der Waals surface area (Å²) in [6, 6.07) is 36.1. The molecule has 2 saturated heterocycles. The normalized spacial score (nSPS) is 20.1. The molecule has 0 bridgehead atoms. The predicted molar refractivity (Wildman–Crippen MR) is 370 cm³/mol. The van der Waals surface area contributed by atoms with Crippen molar-refractivity contribution in [3.63, 3.8) is 0 Å². The van der Waals surface area contributed by atoms with Crippen molar-refractivity contribution in [2.45, 2.75) is 161 Å². The van der Waals surface area contributed by atoms with Crippen molar-refractivity contribution in [2.24, 2.45) is 5.92 Å². The minimum atomic E-state index is -1.97. The van der Waals surface area contributed by atoms with E-state index in [9.17, 15) is 29.2 Å². The third-order valence-corrected chi connectivity index (χ3v) is 19.0. The van der Waals surface area contributed by atoms with Gasteiger partial charge in [0.05, 0.1) is 78.8 Å². The summed E-state index contributed by atoms with van der Waals surface area (Å²) in [5.74, 6) is -1.49. The van der Waals surface area contributed by atoms with Crippen LogP contribution in [0.5, 0.6) is 11.5 Å². The van der Waals surface area contributed by atoms with E-state index in [0.717, 1.165) is 16.7 Å². The van der Waals surface area contributed by atoms with Gasteiger partial charge in [0, 0.05) is 63.9 Å². The van der Waals surface area contributed by atoms with Crippen molar-refractivity contribution in [3.05, 3.63) is 156 Å². The molecule has 0 radical (unpaired) electrons. The number of nitrogens with one attached hydrogen (secondary N) is 2. The van der Waals surface area contributed by atoms with Gasteiger partial charge in [-0.25, -0.2) is 24.3 Å². The first kappa shape index (κ1) is 77.2. The molecule has 6 unspecified atom stereocenters. The predicted octanol–water partition coefficient (Wildman–Crippen LogP) is 8.95. The number of nitrogens with zero attached hydrogens (tertiary/aromatic N) is 9. The van der Waals surface area contributed by atoms with Crippen LogP contribution in [0.1, 0.15) is 120 Å². The van der Waals surface area contributed by atoms with Gasteiger partial charge in [-0.3, -0.25) is 28.5 Å². The smallest absolute Gasteiger partial charge is 0.303 e. The Hall–Kier alpha value is -8.92. The lowest BCUT2D eigenvalue weighted by atomic mass is 9.80. The van der Waals surface area contributed by atoms with E-state index in [1.807, 2.05) is 113 Å². The molecule has 5 heterocycles. The first-order chi connectivity index (χ1) is 49.3. The van der Waals surface area contributed by atoms with Gasteiger partial charge in [0.15, 0.2) is 35.6 Å². The number of unbranched alkanes of at least 4 members (excludes halogenated alkanes) is 1. The van der Waals surface area contributed by atoms with E-state index in [1.165, 1.54) is 27.1 Å². The van der Waals surface area contributed by atoms with Crippen LogP contribution in [-0.4, -0.2) is 184 Å².